The summed E-state index contributed by atoms with van der Waals surface area (Å²) in [5, 5.41) is 0. The molecule has 19 heavy (non-hydrogen) atoms. The number of aromatic nitrogens is 2. The van der Waals surface area contributed by atoms with Crippen LogP contribution in [0.4, 0.5) is 11.5 Å². The Morgan fingerprint density at radius 3 is 2.68 bits per heavy atom. The molecule has 1 saturated carbocycles. The van der Waals surface area contributed by atoms with Gasteiger partial charge in [-0.05, 0) is 53.4 Å². The summed E-state index contributed by atoms with van der Waals surface area (Å²) in [4.78, 5) is 11.3. The molecule has 0 aliphatic heterocycles. The highest BCUT2D eigenvalue weighted by atomic mass is 79.9. The molecule has 0 unspecified atom stereocenters. The Morgan fingerprint density at radius 1 is 1.21 bits per heavy atom. The van der Waals surface area contributed by atoms with E-state index >= 15 is 0 Å². The molecule has 0 atom stereocenters. The molecule has 1 heterocycles. The Morgan fingerprint density at radius 2 is 2.00 bits per heavy atom. The molecule has 1 aromatic carbocycles. The third kappa shape index (κ3) is 2.78. The molecular formula is C15H16BrN3. The van der Waals surface area contributed by atoms with Gasteiger partial charge in [-0.2, -0.15) is 0 Å². The highest BCUT2D eigenvalue weighted by molar-refractivity contribution is 9.10. The van der Waals surface area contributed by atoms with Crippen molar-refractivity contribution in [3.63, 3.8) is 0 Å². The van der Waals surface area contributed by atoms with Crippen LogP contribution in [0.2, 0.25) is 0 Å². The molecular weight excluding hydrogens is 302 g/mol. The first-order valence-corrected chi connectivity index (χ1v) is 7.27. The van der Waals surface area contributed by atoms with E-state index in [2.05, 4.69) is 62.0 Å². The number of benzene rings is 1. The lowest BCUT2D eigenvalue weighted by atomic mass is 10.2. The van der Waals surface area contributed by atoms with Gasteiger partial charge in [0.2, 0.25) is 0 Å². The van der Waals surface area contributed by atoms with Crippen LogP contribution in [-0.2, 0) is 0 Å². The Kier molecular flexibility index (Phi) is 3.27. The van der Waals surface area contributed by atoms with Crippen molar-refractivity contribution in [2.75, 3.05) is 11.9 Å². The van der Waals surface area contributed by atoms with Crippen LogP contribution in [0.15, 0.2) is 34.9 Å². The first-order chi connectivity index (χ1) is 9.13. The number of nitrogens with zero attached hydrogens (tertiary/aromatic N) is 3. The number of hydrogen-bond donors (Lipinski definition) is 0. The minimum Gasteiger partial charge on any atom is -0.329 e. The summed E-state index contributed by atoms with van der Waals surface area (Å²) >= 11 is 3.49. The van der Waals surface area contributed by atoms with Crippen LogP contribution in [0.1, 0.15) is 30.1 Å². The zero-order valence-electron chi connectivity index (χ0n) is 11.1. The van der Waals surface area contributed by atoms with E-state index in [1.807, 2.05) is 13.1 Å². The monoisotopic (exact) mass is 317 g/mol. The Balaban J connectivity index is 1.96. The van der Waals surface area contributed by atoms with E-state index in [9.17, 15) is 0 Å². The van der Waals surface area contributed by atoms with Crippen LogP contribution < -0.4 is 4.90 Å². The maximum absolute atomic E-state index is 4.69. The van der Waals surface area contributed by atoms with Crippen LogP contribution in [0, 0.1) is 6.92 Å². The van der Waals surface area contributed by atoms with Gasteiger partial charge in [-0.3, -0.25) is 0 Å². The second-order valence-corrected chi connectivity index (χ2v) is 5.89. The summed E-state index contributed by atoms with van der Waals surface area (Å²) in [7, 11) is 2.04. The maximum Gasteiger partial charge on any atom is 0.137 e. The molecule has 4 heteroatoms. The second-order valence-electron chi connectivity index (χ2n) is 5.08. The zero-order chi connectivity index (χ0) is 13.4. The van der Waals surface area contributed by atoms with Gasteiger partial charge in [0, 0.05) is 24.7 Å². The van der Waals surface area contributed by atoms with E-state index in [1.54, 1.807) is 0 Å². The van der Waals surface area contributed by atoms with E-state index in [0.717, 1.165) is 21.9 Å². The van der Waals surface area contributed by atoms with Crippen LogP contribution in [-0.4, -0.2) is 17.0 Å². The van der Waals surface area contributed by atoms with Crippen molar-refractivity contribution in [2.45, 2.75) is 25.7 Å². The third-order valence-electron chi connectivity index (χ3n) is 3.37. The van der Waals surface area contributed by atoms with Crippen molar-refractivity contribution in [2.24, 2.45) is 0 Å². The molecule has 1 aliphatic rings. The minimum absolute atomic E-state index is 0.558. The highest BCUT2D eigenvalue weighted by Crippen LogP contribution is 2.39. The highest BCUT2D eigenvalue weighted by Gasteiger charge is 2.27. The van der Waals surface area contributed by atoms with Gasteiger partial charge in [-0.1, -0.05) is 12.1 Å². The Labute approximate surface area is 121 Å². The van der Waals surface area contributed by atoms with Gasteiger partial charge in [0.25, 0.3) is 0 Å². The van der Waals surface area contributed by atoms with E-state index in [4.69, 9.17) is 0 Å². The Bertz CT molecular complexity index is 608. The fraction of sp³-hybridized carbons (Fsp3) is 0.333. The quantitative estimate of drug-likeness (QED) is 0.795. The second kappa shape index (κ2) is 4.93. The molecule has 98 valence electrons. The molecule has 0 radical (unpaired) electrons. The first kappa shape index (κ1) is 12.6. The standard InChI is InChI=1S/C15H16BrN3/c1-10-4-3-5-12(8-10)19(2)14-9-13(16)17-15(18-14)11-6-7-11/h3-5,8-9,11H,6-7H2,1-2H3. The smallest absolute Gasteiger partial charge is 0.137 e. The molecule has 0 saturated heterocycles. The van der Waals surface area contributed by atoms with E-state index in [-0.39, 0.29) is 0 Å². The van der Waals surface area contributed by atoms with Crippen molar-refractivity contribution in [3.8, 4) is 0 Å². The van der Waals surface area contributed by atoms with Crippen molar-refractivity contribution >= 4 is 27.4 Å². The number of anilines is 2. The van der Waals surface area contributed by atoms with Gasteiger partial charge in [-0.25, -0.2) is 9.97 Å². The van der Waals surface area contributed by atoms with E-state index in [1.165, 1.54) is 18.4 Å². The molecule has 1 aromatic heterocycles. The molecule has 3 nitrogen and oxygen atoms in total. The van der Waals surface area contributed by atoms with Crippen LogP contribution in [0.3, 0.4) is 0 Å². The van der Waals surface area contributed by atoms with E-state index in [0.29, 0.717) is 5.92 Å². The lowest BCUT2D eigenvalue weighted by Gasteiger charge is -2.19. The van der Waals surface area contributed by atoms with Gasteiger partial charge in [0.1, 0.15) is 16.2 Å². The summed E-state index contributed by atoms with van der Waals surface area (Å²) in [6.07, 6.45) is 2.42. The fourth-order valence-electron chi connectivity index (χ4n) is 2.09. The summed E-state index contributed by atoms with van der Waals surface area (Å²) in [5.74, 6) is 2.46. The molecule has 0 amide bonds. The summed E-state index contributed by atoms with van der Waals surface area (Å²) < 4.78 is 0.860. The molecule has 3 rings (SSSR count). The first-order valence-electron chi connectivity index (χ1n) is 6.48. The lowest BCUT2D eigenvalue weighted by molar-refractivity contribution is 0.903. The number of hydrogen-bond acceptors (Lipinski definition) is 3. The van der Waals surface area contributed by atoms with Gasteiger partial charge < -0.3 is 4.90 Å². The molecule has 2 aromatic rings. The van der Waals surface area contributed by atoms with Crippen LogP contribution >= 0.6 is 15.9 Å². The van der Waals surface area contributed by atoms with Crippen molar-refractivity contribution < 1.29 is 0 Å². The molecule has 0 bridgehead atoms. The fourth-order valence-corrected chi connectivity index (χ4v) is 2.47. The van der Waals surface area contributed by atoms with Crippen LogP contribution in [0.5, 0.6) is 0 Å². The third-order valence-corrected chi connectivity index (χ3v) is 3.78. The predicted molar refractivity (Wildman–Crippen MR) is 80.9 cm³/mol. The normalized spacial score (nSPS) is 14.5. The number of aryl methyl sites for hydroxylation is 1. The average Bonchev–Trinajstić information content (AvgIpc) is 3.21. The topological polar surface area (TPSA) is 29.0 Å². The minimum atomic E-state index is 0.558. The van der Waals surface area contributed by atoms with Gasteiger partial charge in [0.05, 0.1) is 0 Å². The molecule has 1 fully saturated rings. The summed E-state index contributed by atoms with van der Waals surface area (Å²) in [6, 6.07) is 10.4. The molecule has 0 spiro atoms. The maximum atomic E-state index is 4.69. The van der Waals surface area contributed by atoms with Gasteiger partial charge in [-0.15, -0.1) is 0 Å². The zero-order valence-corrected chi connectivity index (χ0v) is 12.7. The average molecular weight is 318 g/mol. The summed E-state index contributed by atoms with van der Waals surface area (Å²) in [5.41, 5.74) is 2.40. The SMILES string of the molecule is Cc1cccc(N(C)c2cc(Br)nc(C3CC3)n2)c1. The van der Waals surface area contributed by atoms with Gasteiger partial charge in [0.15, 0.2) is 0 Å². The number of rotatable bonds is 3. The van der Waals surface area contributed by atoms with Gasteiger partial charge >= 0.3 is 0 Å². The Hall–Kier alpha value is -1.42. The summed E-state index contributed by atoms with van der Waals surface area (Å²) in [6.45, 7) is 2.10. The van der Waals surface area contributed by atoms with Crippen LogP contribution in [0.25, 0.3) is 0 Å². The predicted octanol–water partition coefficient (Wildman–Crippen LogP) is 4.19. The van der Waals surface area contributed by atoms with Crippen molar-refractivity contribution in [3.05, 3.63) is 46.3 Å². The van der Waals surface area contributed by atoms with Crippen molar-refractivity contribution in [1.82, 2.24) is 9.97 Å². The largest absolute Gasteiger partial charge is 0.329 e. The molecule has 0 N–H and O–H groups in total. The molecule has 1 aliphatic carbocycles. The lowest BCUT2D eigenvalue weighted by Crippen LogP contribution is -2.12. The number of halogens is 1. The van der Waals surface area contributed by atoms with E-state index < -0.39 is 0 Å². The van der Waals surface area contributed by atoms with Crippen molar-refractivity contribution in [1.29, 1.82) is 0 Å².